The van der Waals surface area contributed by atoms with Crippen molar-refractivity contribution in [3.63, 3.8) is 0 Å². The van der Waals surface area contributed by atoms with Gasteiger partial charge in [0.05, 0.1) is 21.3 Å². The minimum atomic E-state index is -0.760. The van der Waals surface area contributed by atoms with Gasteiger partial charge in [0.15, 0.2) is 11.5 Å². The second kappa shape index (κ2) is 8.96. The smallest absolute Gasteiger partial charge is 0.441 e. The number of amides is 1. The molecule has 9 nitrogen and oxygen atoms in total. The summed E-state index contributed by atoms with van der Waals surface area (Å²) in [5, 5.41) is 5.18. The quantitative estimate of drug-likeness (QED) is 0.551. The first-order valence-corrected chi connectivity index (χ1v) is 8.84. The van der Waals surface area contributed by atoms with Gasteiger partial charge >= 0.3 is 17.2 Å². The highest BCUT2D eigenvalue weighted by Gasteiger charge is 2.30. The van der Waals surface area contributed by atoms with Crippen LogP contribution in [0.25, 0.3) is 5.69 Å². The Hall–Kier alpha value is -3.75. The molecule has 3 aromatic rings. The molecule has 0 fully saturated rings. The predicted octanol–water partition coefficient (Wildman–Crippen LogP) is 1.24. The normalized spacial score (nSPS) is 10.4. The average Bonchev–Trinajstić information content (AvgIpc) is 3.15. The van der Waals surface area contributed by atoms with Crippen molar-refractivity contribution in [2.45, 2.75) is 6.42 Å². The Labute approximate surface area is 166 Å². The van der Waals surface area contributed by atoms with Gasteiger partial charge in [0.2, 0.25) is 5.69 Å². The molecular formula is C20H22N3O6+. The number of aromatic nitrogens is 2. The Morgan fingerprint density at radius 1 is 1.03 bits per heavy atom. The lowest BCUT2D eigenvalue weighted by molar-refractivity contribution is -0.672. The zero-order valence-corrected chi connectivity index (χ0v) is 16.4. The summed E-state index contributed by atoms with van der Waals surface area (Å²) in [6.45, 7) is 0.321. The van der Waals surface area contributed by atoms with Crippen LogP contribution in [-0.2, 0) is 6.42 Å². The Balaban J connectivity index is 1.70. The fourth-order valence-electron chi connectivity index (χ4n) is 2.82. The number of nitrogens with zero attached hydrogens (tertiary/aromatic N) is 1. The van der Waals surface area contributed by atoms with Crippen molar-refractivity contribution in [1.82, 2.24) is 10.6 Å². The van der Waals surface area contributed by atoms with Crippen LogP contribution < -0.4 is 29.8 Å². The molecule has 2 aromatic carbocycles. The van der Waals surface area contributed by atoms with E-state index in [-0.39, 0.29) is 5.69 Å². The van der Waals surface area contributed by atoms with Crippen LogP contribution in [0.5, 0.6) is 17.2 Å². The highest BCUT2D eigenvalue weighted by Crippen LogP contribution is 2.27. The van der Waals surface area contributed by atoms with Gasteiger partial charge in [-0.15, -0.1) is 0 Å². The number of benzene rings is 2. The molecule has 1 aromatic heterocycles. The molecule has 152 valence electrons. The fourth-order valence-corrected chi connectivity index (χ4v) is 2.82. The Morgan fingerprint density at radius 3 is 2.41 bits per heavy atom. The van der Waals surface area contributed by atoms with Gasteiger partial charge in [0, 0.05) is 18.7 Å². The summed E-state index contributed by atoms with van der Waals surface area (Å²) in [6.07, 6.45) is 0.546. The molecule has 0 bridgehead atoms. The van der Waals surface area contributed by atoms with E-state index in [0.29, 0.717) is 35.9 Å². The largest absolute Gasteiger partial charge is 0.497 e. The van der Waals surface area contributed by atoms with Crippen LogP contribution in [0.3, 0.4) is 0 Å². The summed E-state index contributed by atoms with van der Waals surface area (Å²) in [5.74, 6) is 1.35. The molecule has 1 heterocycles. The van der Waals surface area contributed by atoms with Crippen molar-refractivity contribution < 1.29 is 28.2 Å². The highest BCUT2D eigenvalue weighted by atomic mass is 16.5. The molecule has 0 unspecified atom stereocenters. The minimum absolute atomic E-state index is 0.150. The zero-order chi connectivity index (χ0) is 20.8. The topological polar surface area (TPSA) is 107 Å². The maximum absolute atomic E-state index is 12.6. The molecular weight excluding hydrogens is 378 g/mol. The molecule has 0 spiro atoms. The number of rotatable bonds is 8. The molecule has 29 heavy (non-hydrogen) atoms. The molecule has 0 aliphatic carbocycles. The third-order valence-electron chi connectivity index (χ3n) is 4.34. The number of H-pyrrole nitrogens is 1. The van der Waals surface area contributed by atoms with Crippen molar-refractivity contribution in [3.05, 3.63) is 64.1 Å². The summed E-state index contributed by atoms with van der Waals surface area (Å²) < 4.78 is 21.7. The van der Waals surface area contributed by atoms with Gasteiger partial charge < -0.3 is 19.5 Å². The van der Waals surface area contributed by atoms with Crippen molar-refractivity contribution in [2.24, 2.45) is 0 Å². The van der Waals surface area contributed by atoms with Crippen molar-refractivity contribution in [2.75, 3.05) is 27.9 Å². The van der Waals surface area contributed by atoms with Crippen molar-refractivity contribution in [3.8, 4) is 22.9 Å². The number of ether oxygens (including phenoxy) is 3. The molecule has 1 amide bonds. The Kier molecular flexibility index (Phi) is 6.18. The zero-order valence-electron chi connectivity index (χ0n) is 16.4. The third-order valence-corrected chi connectivity index (χ3v) is 4.34. The molecule has 0 aliphatic heterocycles. The summed E-state index contributed by atoms with van der Waals surface area (Å²) in [6, 6.07) is 12.4. The second-order valence-electron chi connectivity index (χ2n) is 6.06. The lowest BCUT2D eigenvalue weighted by atomic mass is 10.1. The van der Waals surface area contributed by atoms with Gasteiger partial charge in [0.25, 0.3) is 0 Å². The van der Waals surface area contributed by atoms with E-state index in [2.05, 4.69) is 10.6 Å². The highest BCUT2D eigenvalue weighted by molar-refractivity contribution is 5.90. The van der Waals surface area contributed by atoms with Crippen molar-refractivity contribution >= 4 is 5.91 Å². The average molecular weight is 400 g/mol. The molecule has 0 radical (unpaired) electrons. The second-order valence-corrected chi connectivity index (χ2v) is 6.06. The van der Waals surface area contributed by atoms with Crippen LogP contribution in [0.15, 0.2) is 51.8 Å². The van der Waals surface area contributed by atoms with E-state index in [1.165, 1.54) is 4.68 Å². The van der Waals surface area contributed by atoms with Crippen LogP contribution in [0, 0.1) is 0 Å². The maximum Gasteiger partial charge on any atom is 0.441 e. The van der Waals surface area contributed by atoms with Gasteiger partial charge in [0.1, 0.15) is 5.75 Å². The van der Waals surface area contributed by atoms with Gasteiger partial charge in [-0.3, -0.25) is 9.32 Å². The number of nitrogens with one attached hydrogen (secondary N) is 2. The van der Waals surface area contributed by atoms with E-state index in [1.807, 2.05) is 12.1 Å². The van der Waals surface area contributed by atoms with E-state index in [1.54, 1.807) is 51.7 Å². The number of methoxy groups -OCH3 is 3. The number of carbonyl (C=O) groups is 1. The first kappa shape index (κ1) is 20.0. The van der Waals surface area contributed by atoms with Gasteiger partial charge in [-0.25, -0.2) is 4.79 Å². The minimum Gasteiger partial charge on any atom is -0.497 e. The molecule has 3 rings (SSSR count). The molecule has 0 aliphatic rings. The van der Waals surface area contributed by atoms with Crippen LogP contribution >= 0.6 is 0 Å². The predicted molar refractivity (Wildman–Crippen MR) is 103 cm³/mol. The molecule has 2 N–H and O–H groups in total. The third kappa shape index (κ3) is 4.40. The van der Waals surface area contributed by atoms with Gasteiger partial charge in [-0.05, 0) is 46.2 Å². The maximum atomic E-state index is 12.6. The number of hydrogen-bond acceptors (Lipinski definition) is 6. The van der Waals surface area contributed by atoms with E-state index < -0.39 is 11.5 Å². The van der Waals surface area contributed by atoms with E-state index in [0.717, 1.165) is 5.56 Å². The van der Waals surface area contributed by atoms with E-state index in [4.69, 9.17) is 18.7 Å². The lowest BCUT2D eigenvalue weighted by Gasteiger charge is -2.09. The molecule has 0 saturated heterocycles. The van der Waals surface area contributed by atoms with Crippen molar-refractivity contribution in [1.29, 1.82) is 0 Å². The molecule has 0 atom stereocenters. The van der Waals surface area contributed by atoms with Crippen LogP contribution in [0.4, 0.5) is 0 Å². The standard InChI is InChI=1S/C20H21N3O6/c1-26-15-7-5-14(6-8-15)23-18(20(25)29-22-23)19(24)21-11-10-13-4-9-16(27-2)17(12-13)28-3/h4-9,12H,10-11H2,1-3H3,(H-,21,22,24,25)/p+1. The Bertz CT molecular complexity index is 1040. The number of aromatic amines is 1. The first-order valence-electron chi connectivity index (χ1n) is 8.84. The summed E-state index contributed by atoms with van der Waals surface area (Å²) in [7, 11) is 4.68. The monoisotopic (exact) mass is 400 g/mol. The van der Waals surface area contributed by atoms with Crippen LogP contribution in [0.1, 0.15) is 16.1 Å². The summed E-state index contributed by atoms with van der Waals surface area (Å²) >= 11 is 0. The number of carbonyl (C=O) groups excluding carboxylic acids is 1. The SMILES string of the molecule is COc1ccc(-[n+]2[nH]oc(=O)c2C(=O)NCCc2ccc(OC)c(OC)c2)cc1. The fraction of sp³-hybridized carbons (Fsp3) is 0.250. The molecule has 0 saturated carbocycles. The first-order chi connectivity index (χ1) is 14.1. The van der Waals surface area contributed by atoms with Gasteiger partial charge in [-0.1, -0.05) is 6.07 Å². The van der Waals surface area contributed by atoms with E-state index in [9.17, 15) is 9.59 Å². The Morgan fingerprint density at radius 2 is 1.76 bits per heavy atom. The summed E-state index contributed by atoms with van der Waals surface area (Å²) in [5.41, 5.74) is 0.598. The molecule has 9 heteroatoms. The van der Waals surface area contributed by atoms with Crippen LogP contribution in [-0.4, -0.2) is 39.1 Å². The summed E-state index contributed by atoms with van der Waals surface area (Å²) in [4.78, 5) is 24.6. The van der Waals surface area contributed by atoms with Crippen LogP contribution in [0.2, 0.25) is 0 Å². The lowest BCUT2D eigenvalue weighted by Crippen LogP contribution is -2.45. The van der Waals surface area contributed by atoms with Gasteiger partial charge in [-0.2, -0.15) is 0 Å². The number of hydrogen-bond donors (Lipinski definition) is 2. The van der Waals surface area contributed by atoms with E-state index >= 15 is 0 Å².